The molecular formula is C19H22N4O2. The number of nitriles is 1. The van der Waals surface area contributed by atoms with Gasteiger partial charge < -0.3 is 5.32 Å². The van der Waals surface area contributed by atoms with Gasteiger partial charge in [-0.15, -0.1) is 0 Å². The van der Waals surface area contributed by atoms with E-state index in [0.29, 0.717) is 11.3 Å². The summed E-state index contributed by atoms with van der Waals surface area (Å²) in [5.74, 6) is -0.336. The van der Waals surface area contributed by atoms with Crippen LogP contribution in [-0.4, -0.2) is 15.7 Å². The lowest BCUT2D eigenvalue weighted by atomic mass is 10.0. The number of nitrogens with one attached hydrogen (secondary N) is 1. The highest BCUT2D eigenvalue weighted by molar-refractivity contribution is 5.92. The van der Waals surface area contributed by atoms with Crippen molar-refractivity contribution in [2.45, 2.75) is 47.1 Å². The fourth-order valence-electron chi connectivity index (χ4n) is 2.73. The van der Waals surface area contributed by atoms with E-state index in [4.69, 9.17) is 5.26 Å². The lowest BCUT2D eigenvalue weighted by Crippen LogP contribution is -2.32. The second-order valence-electron chi connectivity index (χ2n) is 5.87. The molecule has 2 rings (SSSR count). The monoisotopic (exact) mass is 338 g/mol. The van der Waals surface area contributed by atoms with Gasteiger partial charge in [0.15, 0.2) is 0 Å². The number of carbonyl (C=O) groups excluding carboxylic acids is 1. The van der Waals surface area contributed by atoms with Crippen molar-refractivity contribution in [3.8, 4) is 6.07 Å². The average molecular weight is 338 g/mol. The Hall–Kier alpha value is -2.94. The van der Waals surface area contributed by atoms with Crippen LogP contribution in [0.1, 0.15) is 41.8 Å². The van der Waals surface area contributed by atoms with Gasteiger partial charge in [-0.3, -0.25) is 9.59 Å². The van der Waals surface area contributed by atoms with Gasteiger partial charge >= 0.3 is 0 Å². The Morgan fingerprint density at radius 2 is 1.84 bits per heavy atom. The van der Waals surface area contributed by atoms with E-state index in [2.05, 4.69) is 10.4 Å². The van der Waals surface area contributed by atoms with Crippen LogP contribution in [0.3, 0.4) is 0 Å². The number of hydrogen-bond donors (Lipinski definition) is 1. The second-order valence-corrected chi connectivity index (χ2v) is 5.87. The zero-order valence-electron chi connectivity index (χ0n) is 15.0. The van der Waals surface area contributed by atoms with Gasteiger partial charge in [0, 0.05) is 5.69 Å². The molecular weight excluding hydrogens is 316 g/mol. The molecule has 0 fully saturated rings. The highest BCUT2D eigenvalue weighted by atomic mass is 16.2. The van der Waals surface area contributed by atoms with Crippen LogP contribution >= 0.6 is 0 Å². The third-order valence-electron chi connectivity index (χ3n) is 4.31. The Balaban J connectivity index is 2.33. The van der Waals surface area contributed by atoms with E-state index in [1.54, 1.807) is 13.8 Å². The smallest absolute Gasteiger partial charge is 0.285 e. The molecule has 2 aromatic rings. The van der Waals surface area contributed by atoms with Gasteiger partial charge in [-0.05, 0) is 43.4 Å². The van der Waals surface area contributed by atoms with Crippen LogP contribution in [-0.2, 0) is 24.2 Å². The van der Waals surface area contributed by atoms with Crippen LogP contribution < -0.4 is 10.9 Å². The average Bonchev–Trinajstić information content (AvgIpc) is 2.60. The minimum Gasteiger partial charge on any atom is -0.324 e. The number of amides is 1. The van der Waals surface area contributed by atoms with Crippen molar-refractivity contribution in [1.82, 2.24) is 9.78 Å². The summed E-state index contributed by atoms with van der Waals surface area (Å²) in [7, 11) is 0. The molecule has 25 heavy (non-hydrogen) atoms. The van der Waals surface area contributed by atoms with Gasteiger partial charge in [0.2, 0.25) is 5.91 Å². The minimum absolute atomic E-state index is 0.0310. The van der Waals surface area contributed by atoms with Crippen molar-refractivity contribution in [2.75, 3.05) is 5.32 Å². The van der Waals surface area contributed by atoms with Crippen molar-refractivity contribution in [1.29, 1.82) is 5.26 Å². The molecule has 0 radical (unpaired) electrons. The predicted octanol–water partition coefficient (Wildman–Crippen LogP) is 2.50. The highest BCUT2D eigenvalue weighted by Gasteiger charge is 2.15. The molecule has 0 aliphatic heterocycles. The van der Waals surface area contributed by atoms with E-state index < -0.39 is 5.56 Å². The predicted molar refractivity (Wildman–Crippen MR) is 96.5 cm³/mol. The maximum absolute atomic E-state index is 12.5. The molecule has 1 aromatic heterocycles. The van der Waals surface area contributed by atoms with Crippen LogP contribution in [0.5, 0.6) is 0 Å². The topological polar surface area (TPSA) is 87.8 Å². The van der Waals surface area contributed by atoms with Gasteiger partial charge in [0.25, 0.3) is 5.56 Å². The van der Waals surface area contributed by atoms with Crippen LogP contribution in [0.15, 0.2) is 23.0 Å². The van der Waals surface area contributed by atoms with Crippen LogP contribution in [0.4, 0.5) is 5.69 Å². The van der Waals surface area contributed by atoms with Gasteiger partial charge in [-0.1, -0.05) is 32.0 Å². The molecule has 0 saturated carbocycles. The molecule has 0 saturated heterocycles. The Labute approximate surface area is 147 Å². The maximum Gasteiger partial charge on any atom is 0.285 e. The van der Waals surface area contributed by atoms with E-state index in [1.807, 2.05) is 38.1 Å². The highest BCUT2D eigenvalue weighted by Crippen LogP contribution is 2.22. The third kappa shape index (κ3) is 3.77. The molecule has 6 heteroatoms. The molecule has 1 N–H and O–H groups in total. The molecule has 1 amide bonds. The fourth-order valence-corrected chi connectivity index (χ4v) is 2.73. The molecule has 1 heterocycles. The van der Waals surface area contributed by atoms with Crippen molar-refractivity contribution in [2.24, 2.45) is 0 Å². The van der Waals surface area contributed by atoms with E-state index in [-0.39, 0.29) is 18.0 Å². The van der Waals surface area contributed by atoms with Crippen LogP contribution in [0, 0.1) is 25.2 Å². The van der Waals surface area contributed by atoms with E-state index in [1.165, 1.54) is 0 Å². The molecule has 0 aliphatic carbocycles. The first-order valence-electron chi connectivity index (χ1n) is 8.31. The summed E-state index contributed by atoms with van der Waals surface area (Å²) in [6.45, 7) is 7.22. The van der Waals surface area contributed by atoms with Crippen molar-refractivity contribution >= 4 is 11.6 Å². The number of rotatable bonds is 5. The van der Waals surface area contributed by atoms with Crippen molar-refractivity contribution < 1.29 is 4.79 Å². The Morgan fingerprint density at radius 1 is 1.24 bits per heavy atom. The molecule has 6 nitrogen and oxygen atoms in total. The van der Waals surface area contributed by atoms with Crippen molar-refractivity contribution in [3.63, 3.8) is 0 Å². The largest absolute Gasteiger partial charge is 0.324 e. The molecule has 0 bridgehead atoms. The molecule has 1 aromatic carbocycles. The quantitative estimate of drug-likeness (QED) is 0.907. The third-order valence-corrected chi connectivity index (χ3v) is 4.31. The number of nitrogens with zero attached hydrogens (tertiary/aromatic N) is 3. The maximum atomic E-state index is 12.5. The Kier molecular flexibility index (Phi) is 5.71. The first-order chi connectivity index (χ1) is 11.9. The van der Waals surface area contributed by atoms with Gasteiger partial charge in [0.1, 0.15) is 18.2 Å². The lowest BCUT2D eigenvalue weighted by molar-refractivity contribution is -0.117. The summed E-state index contributed by atoms with van der Waals surface area (Å²) in [6, 6.07) is 7.82. The summed E-state index contributed by atoms with van der Waals surface area (Å²) < 4.78 is 1.05. The van der Waals surface area contributed by atoms with Crippen molar-refractivity contribution in [3.05, 3.63) is 56.5 Å². The number of anilines is 1. The number of carbonyl (C=O) groups is 1. The number of benzene rings is 1. The molecule has 0 unspecified atom stereocenters. The fraction of sp³-hybridized carbons (Fsp3) is 0.368. The molecule has 0 aliphatic rings. The Bertz CT molecular complexity index is 885. The van der Waals surface area contributed by atoms with Crippen LogP contribution in [0.25, 0.3) is 0 Å². The van der Waals surface area contributed by atoms with E-state index in [9.17, 15) is 9.59 Å². The summed E-state index contributed by atoms with van der Waals surface area (Å²) in [5.41, 5.74) is 3.50. The number of hydrogen-bond acceptors (Lipinski definition) is 4. The normalized spacial score (nSPS) is 10.4. The minimum atomic E-state index is -0.541. The number of aromatic nitrogens is 2. The summed E-state index contributed by atoms with van der Waals surface area (Å²) in [5, 5.41) is 16.2. The second kappa shape index (κ2) is 7.75. The van der Waals surface area contributed by atoms with Gasteiger partial charge in [-0.25, -0.2) is 4.68 Å². The lowest BCUT2D eigenvalue weighted by Gasteiger charge is -2.15. The number of para-hydroxylation sites is 1. The zero-order chi connectivity index (χ0) is 18.6. The SMILES string of the molecule is CCc1cccc(CC)c1NC(=O)Cn1nc(C)c(C)c(C#N)c1=O. The Morgan fingerprint density at radius 3 is 2.36 bits per heavy atom. The first-order valence-corrected chi connectivity index (χ1v) is 8.31. The summed E-state index contributed by atoms with van der Waals surface area (Å²) >= 11 is 0. The number of aryl methyl sites for hydroxylation is 3. The summed E-state index contributed by atoms with van der Waals surface area (Å²) in [4.78, 5) is 24.8. The summed E-state index contributed by atoms with van der Waals surface area (Å²) in [6.07, 6.45) is 1.59. The molecule has 130 valence electrons. The van der Waals surface area contributed by atoms with E-state index >= 15 is 0 Å². The van der Waals surface area contributed by atoms with Crippen LogP contribution in [0.2, 0.25) is 0 Å². The first kappa shape index (κ1) is 18.4. The van der Waals surface area contributed by atoms with Gasteiger partial charge in [-0.2, -0.15) is 10.4 Å². The molecule has 0 atom stereocenters. The molecule has 0 spiro atoms. The standard InChI is InChI=1S/C19H22N4O2/c1-5-14-8-7-9-15(6-2)18(14)21-17(24)11-23-19(25)16(10-20)12(3)13(4)22-23/h7-9H,5-6,11H2,1-4H3,(H,21,24). The van der Waals surface area contributed by atoms with E-state index in [0.717, 1.165) is 34.3 Å². The zero-order valence-corrected chi connectivity index (χ0v) is 15.0. The van der Waals surface area contributed by atoms with Gasteiger partial charge in [0.05, 0.1) is 5.69 Å².